The lowest BCUT2D eigenvalue weighted by atomic mass is 10.1. The maximum absolute atomic E-state index is 12.4. The van der Waals surface area contributed by atoms with Gasteiger partial charge in [-0.1, -0.05) is 42.5 Å². The molecule has 0 atom stereocenters. The van der Waals surface area contributed by atoms with Gasteiger partial charge in [0.05, 0.1) is 11.0 Å². The van der Waals surface area contributed by atoms with Crippen LogP contribution >= 0.6 is 0 Å². The summed E-state index contributed by atoms with van der Waals surface area (Å²) in [5.41, 5.74) is 6.15. The number of fused-ring (bicyclic) bond motifs is 1. The van der Waals surface area contributed by atoms with Gasteiger partial charge in [-0.3, -0.25) is 4.57 Å². The molecule has 0 saturated carbocycles. The standard InChI is InChI=1S/C17H19N3O/c1-18-20-16-12-6-5-11-15(16)19(17(20)21)13-7-10-14-8-3-2-4-9-14/h2-6,8-9,11-12,18H,7,10,13H2,1H3. The molecule has 0 aliphatic heterocycles. The number of hydrogen-bond acceptors (Lipinski definition) is 2. The molecule has 2 aromatic carbocycles. The molecule has 0 radical (unpaired) electrons. The number of aromatic nitrogens is 2. The molecular weight excluding hydrogens is 262 g/mol. The van der Waals surface area contributed by atoms with Crippen LogP contribution in [0.25, 0.3) is 11.0 Å². The normalized spacial score (nSPS) is 10.9. The van der Waals surface area contributed by atoms with E-state index in [1.165, 1.54) is 5.56 Å². The van der Waals surface area contributed by atoms with Crippen LogP contribution in [0, 0.1) is 0 Å². The number of nitrogens with zero attached hydrogens (tertiary/aromatic N) is 2. The second-order valence-corrected chi connectivity index (χ2v) is 5.07. The number of para-hydroxylation sites is 2. The molecule has 0 saturated heterocycles. The van der Waals surface area contributed by atoms with E-state index in [0.29, 0.717) is 0 Å². The maximum atomic E-state index is 12.4. The van der Waals surface area contributed by atoms with Gasteiger partial charge in [-0.05, 0) is 30.5 Å². The van der Waals surface area contributed by atoms with Gasteiger partial charge < -0.3 is 5.43 Å². The van der Waals surface area contributed by atoms with Crippen molar-refractivity contribution < 1.29 is 0 Å². The van der Waals surface area contributed by atoms with Crippen LogP contribution in [-0.4, -0.2) is 16.3 Å². The molecule has 4 nitrogen and oxygen atoms in total. The van der Waals surface area contributed by atoms with Crippen LogP contribution in [0.1, 0.15) is 12.0 Å². The minimum absolute atomic E-state index is 0.00763. The molecule has 0 amide bonds. The molecule has 0 spiro atoms. The molecule has 3 aromatic rings. The van der Waals surface area contributed by atoms with Crippen molar-refractivity contribution in [2.75, 3.05) is 12.5 Å². The second kappa shape index (κ2) is 5.87. The van der Waals surface area contributed by atoms with Gasteiger partial charge in [-0.2, -0.15) is 0 Å². The van der Waals surface area contributed by atoms with Crippen LogP contribution in [0.4, 0.5) is 0 Å². The van der Waals surface area contributed by atoms with Crippen molar-refractivity contribution in [1.82, 2.24) is 9.24 Å². The lowest BCUT2D eigenvalue weighted by molar-refractivity contribution is 0.625. The first-order chi connectivity index (χ1) is 10.3. The fraction of sp³-hybridized carbons (Fsp3) is 0.235. The minimum atomic E-state index is -0.00763. The Hall–Kier alpha value is -2.49. The highest BCUT2D eigenvalue weighted by Crippen LogP contribution is 2.12. The highest BCUT2D eigenvalue weighted by molar-refractivity contribution is 5.76. The van der Waals surface area contributed by atoms with E-state index in [1.54, 1.807) is 11.7 Å². The molecule has 0 unspecified atom stereocenters. The number of hydrogen-bond donors (Lipinski definition) is 1. The van der Waals surface area contributed by atoms with Crippen LogP contribution in [0.5, 0.6) is 0 Å². The van der Waals surface area contributed by atoms with E-state index >= 15 is 0 Å². The largest absolute Gasteiger partial charge is 0.347 e. The third-order valence-electron chi connectivity index (χ3n) is 3.75. The Morgan fingerprint density at radius 2 is 1.62 bits per heavy atom. The molecule has 0 aliphatic rings. The number of rotatable bonds is 5. The first kappa shape index (κ1) is 13.5. The van der Waals surface area contributed by atoms with Crippen LogP contribution in [0.15, 0.2) is 59.4 Å². The van der Waals surface area contributed by atoms with Gasteiger partial charge in [-0.25, -0.2) is 9.47 Å². The quantitative estimate of drug-likeness (QED) is 0.781. The number of aryl methyl sites for hydroxylation is 2. The number of imidazole rings is 1. The summed E-state index contributed by atoms with van der Waals surface area (Å²) in [6, 6.07) is 18.2. The zero-order valence-corrected chi connectivity index (χ0v) is 12.1. The molecule has 1 N–H and O–H groups in total. The first-order valence-electron chi connectivity index (χ1n) is 7.23. The van der Waals surface area contributed by atoms with Crippen molar-refractivity contribution in [1.29, 1.82) is 0 Å². The van der Waals surface area contributed by atoms with Crippen molar-refractivity contribution in [3.63, 3.8) is 0 Å². The van der Waals surface area contributed by atoms with Crippen LogP contribution in [0.2, 0.25) is 0 Å². The van der Waals surface area contributed by atoms with E-state index < -0.39 is 0 Å². The van der Waals surface area contributed by atoms with Crippen LogP contribution < -0.4 is 11.1 Å². The zero-order chi connectivity index (χ0) is 14.7. The van der Waals surface area contributed by atoms with Crippen molar-refractivity contribution >= 4 is 11.0 Å². The van der Waals surface area contributed by atoms with E-state index in [1.807, 2.05) is 47.0 Å². The molecule has 0 fully saturated rings. The molecule has 21 heavy (non-hydrogen) atoms. The summed E-state index contributed by atoms with van der Waals surface area (Å²) in [5.74, 6) is 0. The molecular formula is C17H19N3O. The summed E-state index contributed by atoms with van der Waals surface area (Å²) in [6.07, 6.45) is 1.92. The average molecular weight is 281 g/mol. The van der Waals surface area contributed by atoms with E-state index in [9.17, 15) is 4.79 Å². The Morgan fingerprint density at radius 3 is 2.33 bits per heavy atom. The SMILES string of the molecule is CNn1c(=O)n(CCCc2ccccc2)c2ccccc21. The summed E-state index contributed by atoms with van der Waals surface area (Å²) in [7, 11) is 1.77. The fourth-order valence-corrected chi connectivity index (χ4v) is 2.73. The van der Waals surface area contributed by atoms with Crippen molar-refractivity contribution in [2.24, 2.45) is 0 Å². The van der Waals surface area contributed by atoms with Gasteiger partial charge in [0.25, 0.3) is 0 Å². The Bertz CT molecular complexity index is 787. The fourth-order valence-electron chi connectivity index (χ4n) is 2.73. The Morgan fingerprint density at radius 1 is 0.952 bits per heavy atom. The Labute approximate surface area is 123 Å². The van der Waals surface area contributed by atoms with Gasteiger partial charge in [0.2, 0.25) is 0 Å². The summed E-state index contributed by atoms with van der Waals surface area (Å²) in [4.78, 5) is 12.4. The summed E-state index contributed by atoms with van der Waals surface area (Å²) in [5, 5.41) is 0. The van der Waals surface area contributed by atoms with Gasteiger partial charge in [0.15, 0.2) is 0 Å². The van der Waals surface area contributed by atoms with Gasteiger partial charge in [-0.15, -0.1) is 0 Å². The van der Waals surface area contributed by atoms with Crippen molar-refractivity contribution in [3.05, 3.63) is 70.6 Å². The van der Waals surface area contributed by atoms with Gasteiger partial charge in [0.1, 0.15) is 0 Å². The predicted molar refractivity (Wildman–Crippen MR) is 86.2 cm³/mol. The van der Waals surface area contributed by atoms with Crippen molar-refractivity contribution in [3.8, 4) is 0 Å². The molecule has 0 bridgehead atoms. The van der Waals surface area contributed by atoms with Crippen molar-refractivity contribution in [2.45, 2.75) is 19.4 Å². The topological polar surface area (TPSA) is 39.0 Å². The lowest BCUT2D eigenvalue weighted by Gasteiger charge is -2.03. The van der Waals surface area contributed by atoms with E-state index in [2.05, 4.69) is 17.6 Å². The molecule has 1 heterocycles. The van der Waals surface area contributed by atoms with Crippen LogP contribution in [-0.2, 0) is 13.0 Å². The summed E-state index contributed by atoms with van der Waals surface area (Å²) < 4.78 is 3.44. The third-order valence-corrected chi connectivity index (χ3v) is 3.75. The summed E-state index contributed by atoms with van der Waals surface area (Å²) >= 11 is 0. The molecule has 3 rings (SSSR count). The maximum Gasteiger partial charge on any atom is 0.347 e. The minimum Gasteiger partial charge on any atom is -0.324 e. The first-order valence-corrected chi connectivity index (χ1v) is 7.23. The Balaban J connectivity index is 1.84. The third kappa shape index (κ3) is 2.57. The van der Waals surface area contributed by atoms with E-state index in [0.717, 1.165) is 30.4 Å². The summed E-state index contributed by atoms with van der Waals surface area (Å²) in [6.45, 7) is 0.725. The highest BCUT2D eigenvalue weighted by Gasteiger charge is 2.11. The van der Waals surface area contributed by atoms with E-state index in [-0.39, 0.29) is 5.69 Å². The zero-order valence-electron chi connectivity index (χ0n) is 12.1. The average Bonchev–Trinajstić information content (AvgIpc) is 2.80. The number of benzene rings is 2. The predicted octanol–water partition coefficient (Wildman–Crippen LogP) is 2.61. The van der Waals surface area contributed by atoms with Crippen LogP contribution in [0.3, 0.4) is 0 Å². The van der Waals surface area contributed by atoms with E-state index in [4.69, 9.17) is 0 Å². The molecule has 0 aliphatic carbocycles. The molecule has 1 aromatic heterocycles. The van der Waals surface area contributed by atoms with Gasteiger partial charge >= 0.3 is 5.69 Å². The Kier molecular flexibility index (Phi) is 3.77. The second-order valence-electron chi connectivity index (χ2n) is 5.07. The molecule has 108 valence electrons. The highest BCUT2D eigenvalue weighted by atomic mass is 16.2. The lowest BCUT2D eigenvalue weighted by Crippen LogP contribution is -2.29. The van der Waals surface area contributed by atoms with Gasteiger partial charge in [0, 0.05) is 13.6 Å². The monoisotopic (exact) mass is 281 g/mol. The smallest absolute Gasteiger partial charge is 0.324 e. The molecule has 4 heteroatoms. The number of nitrogens with one attached hydrogen (secondary N) is 1.